The summed E-state index contributed by atoms with van der Waals surface area (Å²) in [4.78, 5) is 30.4. The quantitative estimate of drug-likeness (QED) is 0.710. The number of esters is 1. The van der Waals surface area contributed by atoms with E-state index >= 15 is 0 Å². The van der Waals surface area contributed by atoms with Gasteiger partial charge >= 0.3 is 5.97 Å². The van der Waals surface area contributed by atoms with Crippen molar-refractivity contribution >= 4 is 33.6 Å². The maximum atomic E-state index is 12.7. The number of rotatable bonds is 3. The molecule has 5 rings (SSSR count). The van der Waals surface area contributed by atoms with Crippen molar-refractivity contribution in [2.45, 2.75) is 31.4 Å². The number of fused-ring (bicyclic) bond motifs is 3. The highest BCUT2D eigenvalue weighted by molar-refractivity contribution is 6.09. The van der Waals surface area contributed by atoms with E-state index in [9.17, 15) is 9.59 Å². The first kappa shape index (κ1) is 17.3. The number of likely N-dealkylation sites (tertiary alicyclic amines) is 1. The van der Waals surface area contributed by atoms with Gasteiger partial charge in [0.05, 0.1) is 0 Å². The molecule has 6 heteroatoms. The number of carbonyl (C=O) groups is 2. The summed E-state index contributed by atoms with van der Waals surface area (Å²) in [6.07, 6.45) is 1.55. The number of aromatic amines is 1. The van der Waals surface area contributed by atoms with Gasteiger partial charge < -0.3 is 19.4 Å². The summed E-state index contributed by atoms with van der Waals surface area (Å²) in [6, 6.07) is 14.0. The summed E-state index contributed by atoms with van der Waals surface area (Å²) < 4.78 is 11.0. The molecule has 1 aromatic heterocycles. The van der Waals surface area contributed by atoms with Crippen molar-refractivity contribution < 1.29 is 19.1 Å². The molecule has 0 spiro atoms. The van der Waals surface area contributed by atoms with Crippen molar-refractivity contribution in [3.8, 4) is 0 Å². The number of aromatic nitrogens is 1. The van der Waals surface area contributed by atoms with Crippen molar-refractivity contribution in [2.24, 2.45) is 0 Å². The number of ether oxygens (including phenoxy) is 2. The van der Waals surface area contributed by atoms with E-state index in [4.69, 9.17) is 9.47 Å². The summed E-state index contributed by atoms with van der Waals surface area (Å²) in [6.45, 7) is 2.00. The number of amides is 1. The Labute approximate surface area is 162 Å². The van der Waals surface area contributed by atoms with Gasteiger partial charge in [0.2, 0.25) is 0 Å². The third-order valence-corrected chi connectivity index (χ3v) is 5.82. The number of nitrogens with zero attached hydrogens (tertiary/aromatic N) is 1. The fourth-order valence-electron chi connectivity index (χ4n) is 4.33. The average molecular weight is 378 g/mol. The Morgan fingerprint density at radius 2 is 1.89 bits per heavy atom. The van der Waals surface area contributed by atoms with E-state index in [-0.39, 0.29) is 11.9 Å². The van der Waals surface area contributed by atoms with Crippen molar-refractivity contribution in [3.05, 3.63) is 48.2 Å². The summed E-state index contributed by atoms with van der Waals surface area (Å²) in [5.41, 5.74) is 1.26. The van der Waals surface area contributed by atoms with E-state index in [1.165, 1.54) is 0 Å². The Morgan fingerprint density at radius 1 is 1.07 bits per heavy atom. The predicted octanol–water partition coefficient (Wildman–Crippen LogP) is 3.26. The molecule has 2 aromatic carbocycles. The number of carbonyl (C=O) groups excluding carboxylic acids is 2. The van der Waals surface area contributed by atoms with Gasteiger partial charge in [-0.05, 0) is 35.7 Å². The number of nitrogens with one attached hydrogen (secondary N) is 1. The molecule has 0 aliphatic carbocycles. The fourth-order valence-corrected chi connectivity index (χ4v) is 4.33. The molecule has 2 aliphatic rings. The van der Waals surface area contributed by atoms with E-state index in [0.29, 0.717) is 31.9 Å². The molecule has 144 valence electrons. The average Bonchev–Trinajstić information content (AvgIpc) is 3.33. The Bertz CT molecular complexity index is 1050. The molecule has 1 N–H and O–H groups in total. The lowest BCUT2D eigenvalue weighted by atomic mass is 10.1. The standard InChI is InChI=1S/C22H22N2O4/c25-21-20(7-10-24(21)15-8-11-27-12-9-15)28-22(26)19-13-17-16-4-2-1-3-14(16)5-6-18(17)23-19/h1-6,13,15,20,23H,7-12H2. The molecule has 1 unspecified atom stereocenters. The molecule has 3 aromatic rings. The van der Waals surface area contributed by atoms with Crippen LogP contribution in [0.15, 0.2) is 42.5 Å². The van der Waals surface area contributed by atoms with Gasteiger partial charge in [0, 0.05) is 43.1 Å². The van der Waals surface area contributed by atoms with Crippen LogP contribution in [0.2, 0.25) is 0 Å². The number of hydrogen-bond donors (Lipinski definition) is 1. The van der Waals surface area contributed by atoms with Crippen LogP contribution in [0, 0.1) is 0 Å². The molecule has 1 atom stereocenters. The molecule has 0 bridgehead atoms. The monoisotopic (exact) mass is 378 g/mol. The van der Waals surface area contributed by atoms with Gasteiger partial charge in [0.25, 0.3) is 5.91 Å². The molecule has 1 amide bonds. The second-order valence-corrected chi connectivity index (χ2v) is 7.49. The first-order valence-electron chi connectivity index (χ1n) is 9.80. The highest BCUT2D eigenvalue weighted by Crippen LogP contribution is 2.27. The van der Waals surface area contributed by atoms with Gasteiger partial charge in [-0.15, -0.1) is 0 Å². The third-order valence-electron chi connectivity index (χ3n) is 5.82. The van der Waals surface area contributed by atoms with E-state index in [0.717, 1.165) is 34.5 Å². The van der Waals surface area contributed by atoms with Crippen LogP contribution in [0.3, 0.4) is 0 Å². The topological polar surface area (TPSA) is 71.6 Å². The van der Waals surface area contributed by atoms with Crippen LogP contribution >= 0.6 is 0 Å². The number of benzene rings is 2. The van der Waals surface area contributed by atoms with Crippen LogP contribution in [0.4, 0.5) is 0 Å². The van der Waals surface area contributed by atoms with Crippen molar-refractivity contribution in [3.63, 3.8) is 0 Å². The van der Waals surface area contributed by atoms with Crippen LogP contribution < -0.4 is 0 Å². The van der Waals surface area contributed by atoms with Gasteiger partial charge in [-0.3, -0.25) is 4.79 Å². The van der Waals surface area contributed by atoms with E-state index in [2.05, 4.69) is 4.98 Å². The van der Waals surface area contributed by atoms with Crippen molar-refractivity contribution in [1.82, 2.24) is 9.88 Å². The Balaban J connectivity index is 1.34. The fraction of sp³-hybridized carbons (Fsp3) is 0.364. The molecule has 2 saturated heterocycles. The summed E-state index contributed by atoms with van der Waals surface area (Å²) in [5.74, 6) is -0.561. The second kappa shape index (κ2) is 6.95. The zero-order valence-corrected chi connectivity index (χ0v) is 15.5. The molecule has 6 nitrogen and oxygen atoms in total. The molecular formula is C22H22N2O4. The van der Waals surface area contributed by atoms with Crippen LogP contribution in [-0.4, -0.2) is 53.7 Å². The van der Waals surface area contributed by atoms with Crippen LogP contribution in [-0.2, 0) is 14.3 Å². The first-order valence-corrected chi connectivity index (χ1v) is 9.80. The molecule has 0 radical (unpaired) electrons. The van der Waals surface area contributed by atoms with Crippen LogP contribution in [0.25, 0.3) is 21.7 Å². The highest BCUT2D eigenvalue weighted by Gasteiger charge is 2.39. The molecule has 28 heavy (non-hydrogen) atoms. The lowest BCUT2D eigenvalue weighted by Crippen LogP contribution is -2.42. The molecule has 3 heterocycles. The summed E-state index contributed by atoms with van der Waals surface area (Å²) in [5, 5.41) is 3.18. The summed E-state index contributed by atoms with van der Waals surface area (Å²) in [7, 11) is 0. The maximum absolute atomic E-state index is 12.7. The van der Waals surface area contributed by atoms with E-state index < -0.39 is 12.1 Å². The zero-order valence-electron chi connectivity index (χ0n) is 15.5. The number of H-pyrrole nitrogens is 1. The molecular weight excluding hydrogens is 356 g/mol. The van der Waals surface area contributed by atoms with Crippen LogP contribution in [0.1, 0.15) is 29.8 Å². The zero-order chi connectivity index (χ0) is 19.1. The van der Waals surface area contributed by atoms with Crippen molar-refractivity contribution in [2.75, 3.05) is 19.8 Å². The normalized spacial score (nSPS) is 20.9. The molecule has 2 fully saturated rings. The van der Waals surface area contributed by atoms with Gasteiger partial charge in [0.15, 0.2) is 6.10 Å². The first-order chi connectivity index (χ1) is 13.7. The van der Waals surface area contributed by atoms with Gasteiger partial charge in [-0.1, -0.05) is 30.3 Å². The Morgan fingerprint density at radius 3 is 2.75 bits per heavy atom. The lowest BCUT2D eigenvalue weighted by molar-refractivity contribution is -0.138. The van der Waals surface area contributed by atoms with Gasteiger partial charge in [0.1, 0.15) is 5.69 Å². The minimum atomic E-state index is -0.696. The second-order valence-electron chi connectivity index (χ2n) is 7.49. The van der Waals surface area contributed by atoms with Gasteiger partial charge in [-0.2, -0.15) is 0 Å². The third kappa shape index (κ3) is 2.94. The summed E-state index contributed by atoms with van der Waals surface area (Å²) >= 11 is 0. The predicted molar refractivity (Wildman–Crippen MR) is 105 cm³/mol. The molecule has 2 aliphatic heterocycles. The smallest absolute Gasteiger partial charge is 0.355 e. The molecule has 0 saturated carbocycles. The number of hydrogen-bond acceptors (Lipinski definition) is 4. The van der Waals surface area contributed by atoms with Crippen molar-refractivity contribution in [1.29, 1.82) is 0 Å². The van der Waals surface area contributed by atoms with E-state index in [1.54, 1.807) is 0 Å². The van der Waals surface area contributed by atoms with Crippen LogP contribution in [0.5, 0.6) is 0 Å². The largest absolute Gasteiger partial charge is 0.448 e. The minimum absolute atomic E-state index is 0.0817. The highest BCUT2D eigenvalue weighted by atomic mass is 16.5. The Kier molecular flexibility index (Phi) is 4.28. The maximum Gasteiger partial charge on any atom is 0.355 e. The van der Waals surface area contributed by atoms with E-state index in [1.807, 2.05) is 47.4 Å². The Hall–Kier alpha value is -2.86. The SMILES string of the molecule is O=C(OC1CCN(C2CCOCC2)C1=O)c1cc2c(ccc3ccccc32)[nH]1. The lowest BCUT2D eigenvalue weighted by Gasteiger charge is -2.31. The van der Waals surface area contributed by atoms with Gasteiger partial charge in [-0.25, -0.2) is 4.79 Å². The minimum Gasteiger partial charge on any atom is -0.448 e.